The average molecular weight is 265 g/mol. The number of aryl methyl sites for hydroxylation is 1. The van der Waals surface area contributed by atoms with Crippen molar-refractivity contribution in [3.63, 3.8) is 0 Å². The van der Waals surface area contributed by atoms with Gasteiger partial charge in [-0.1, -0.05) is 12.1 Å². The summed E-state index contributed by atoms with van der Waals surface area (Å²) in [5.41, 5.74) is 6.35. The summed E-state index contributed by atoms with van der Waals surface area (Å²) in [5.74, 6) is 0.867. The molecule has 19 heavy (non-hydrogen) atoms. The summed E-state index contributed by atoms with van der Waals surface area (Å²) >= 11 is 0. The van der Waals surface area contributed by atoms with Gasteiger partial charge in [-0.3, -0.25) is 4.68 Å². The third kappa shape index (κ3) is 2.52. The highest BCUT2D eigenvalue weighted by Gasteiger charge is 2.31. The molecule has 0 aliphatic heterocycles. The summed E-state index contributed by atoms with van der Waals surface area (Å²) in [4.78, 5) is 4.34. The third-order valence-electron chi connectivity index (χ3n) is 3.39. The van der Waals surface area contributed by atoms with Crippen LogP contribution in [0.15, 0.2) is 16.9 Å². The molecule has 2 heterocycles. The lowest BCUT2D eigenvalue weighted by molar-refractivity contribution is -0.0106. The summed E-state index contributed by atoms with van der Waals surface area (Å²) in [6.07, 6.45) is 4.25. The zero-order chi connectivity index (χ0) is 14.0. The molecule has 2 aromatic heterocycles. The van der Waals surface area contributed by atoms with Gasteiger partial charge in [-0.15, -0.1) is 0 Å². The number of nitrogens with zero attached hydrogens (tertiary/aromatic N) is 4. The fourth-order valence-electron chi connectivity index (χ4n) is 1.71. The second-order valence-corrected chi connectivity index (χ2v) is 4.67. The van der Waals surface area contributed by atoms with Crippen LogP contribution in [-0.2, 0) is 17.4 Å². The van der Waals surface area contributed by atoms with Crippen molar-refractivity contribution in [1.82, 2.24) is 19.9 Å². The van der Waals surface area contributed by atoms with Crippen LogP contribution in [0.2, 0.25) is 0 Å². The molecular weight excluding hydrogens is 246 g/mol. The van der Waals surface area contributed by atoms with E-state index in [-0.39, 0.29) is 0 Å². The molecule has 7 heteroatoms. The Morgan fingerprint density at radius 2 is 2.32 bits per heavy atom. The molecule has 2 N–H and O–H groups in total. The fourth-order valence-corrected chi connectivity index (χ4v) is 1.71. The van der Waals surface area contributed by atoms with Crippen LogP contribution in [0.3, 0.4) is 0 Å². The SMILES string of the molecule is CCC(C)(OC)c1noc(C(N)c2cnn(C)c2)n1. The Labute approximate surface area is 111 Å². The van der Waals surface area contributed by atoms with E-state index >= 15 is 0 Å². The average Bonchev–Trinajstić information content (AvgIpc) is 3.06. The first-order chi connectivity index (χ1) is 9.00. The summed E-state index contributed by atoms with van der Waals surface area (Å²) < 4.78 is 12.3. The van der Waals surface area contributed by atoms with E-state index in [1.165, 1.54) is 0 Å². The van der Waals surface area contributed by atoms with Gasteiger partial charge >= 0.3 is 0 Å². The Bertz CT molecular complexity index is 544. The van der Waals surface area contributed by atoms with Crippen molar-refractivity contribution in [2.24, 2.45) is 12.8 Å². The highest BCUT2D eigenvalue weighted by atomic mass is 16.5. The van der Waals surface area contributed by atoms with E-state index in [0.29, 0.717) is 11.7 Å². The van der Waals surface area contributed by atoms with Crippen LogP contribution < -0.4 is 5.73 Å². The van der Waals surface area contributed by atoms with E-state index < -0.39 is 11.6 Å². The molecule has 2 aromatic rings. The minimum Gasteiger partial charge on any atom is -0.370 e. The third-order valence-corrected chi connectivity index (χ3v) is 3.39. The molecule has 0 bridgehead atoms. The Kier molecular flexibility index (Phi) is 3.68. The second kappa shape index (κ2) is 5.10. The minimum atomic E-state index is -0.559. The smallest absolute Gasteiger partial charge is 0.248 e. The topological polar surface area (TPSA) is 92.0 Å². The zero-order valence-corrected chi connectivity index (χ0v) is 11.6. The Morgan fingerprint density at radius 3 is 2.84 bits per heavy atom. The number of nitrogens with two attached hydrogens (primary N) is 1. The molecule has 0 aliphatic rings. The first-order valence-electron chi connectivity index (χ1n) is 6.13. The maximum Gasteiger partial charge on any atom is 0.248 e. The van der Waals surface area contributed by atoms with Gasteiger partial charge in [0, 0.05) is 25.9 Å². The van der Waals surface area contributed by atoms with Crippen LogP contribution in [0.5, 0.6) is 0 Å². The van der Waals surface area contributed by atoms with Crippen molar-refractivity contribution in [2.75, 3.05) is 7.11 Å². The molecule has 0 aliphatic carbocycles. The summed E-state index contributed by atoms with van der Waals surface area (Å²) in [5, 5.41) is 8.04. The molecule has 0 saturated heterocycles. The van der Waals surface area contributed by atoms with Crippen LogP contribution in [0.1, 0.15) is 43.6 Å². The largest absolute Gasteiger partial charge is 0.370 e. The van der Waals surface area contributed by atoms with Crippen molar-refractivity contribution in [3.05, 3.63) is 29.7 Å². The molecule has 2 unspecified atom stereocenters. The van der Waals surface area contributed by atoms with Gasteiger partial charge in [-0.05, 0) is 13.3 Å². The van der Waals surface area contributed by atoms with Crippen molar-refractivity contribution >= 4 is 0 Å². The van der Waals surface area contributed by atoms with Crippen LogP contribution in [0.4, 0.5) is 0 Å². The van der Waals surface area contributed by atoms with Crippen LogP contribution >= 0.6 is 0 Å². The first kappa shape index (κ1) is 13.7. The lowest BCUT2D eigenvalue weighted by Gasteiger charge is -2.21. The predicted molar refractivity (Wildman–Crippen MR) is 68.2 cm³/mol. The lowest BCUT2D eigenvalue weighted by atomic mass is 10.0. The van der Waals surface area contributed by atoms with Crippen LogP contribution in [-0.4, -0.2) is 27.0 Å². The Morgan fingerprint density at radius 1 is 1.58 bits per heavy atom. The lowest BCUT2D eigenvalue weighted by Crippen LogP contribution is -2.25. The van der Waals surface area contributed by atoms with E-state index in [0.717, 1.165) is 12.0 Å². The van der Waals surface area contributed by atoms with Crippen molar-refractivity contribution in [3.8, 4) is 0 Å². The Balaban J connectivity index is 2.26. The molecule has 104 valence electrons. The number of methoxy groups -OCH3 is 1. The van der Waals surface area contributed by atoms with Gasteiger partial charge in [0.05, 0.1) is 6.20 Å². The number of aromatic nitrogens is 4. The zero-order valence-electron chi connectivity index (χ0n) is 11.6. The normalized spacial score (nSPS) is 16.3. The summed E-state index contributed by atoms with van der Waals surface area (Å²) in [6, 6.07) is -0.479. The monoisotopic (exact) mass is 265 g/mol. The molecule has 0 saturated carbocycles. The van der Waals surface area contributed by atoms with Gasteiger partial charge in [0.1, 0.15) is 11.6 Å². The first-order valence-corrected chi connectivity index (χ1v) is 6.13. The molecule has 0 amide bonds. The standard InChI is InChI=1S/C12H19N5O2/c1-5-12(2,18-4)11-15-10(19-16-11)9(13)8-6-14-17(3)7-8/h6-7,9H,5,13H2,1-4H3. The van der Waals surface area contributed by atoms with Gasteiger partial charge in [-0.2, -0.15) is 10.1 Å². The molecular formula is C12H19N5O2. The van der Waals surface area contributed by atoms with E-state index in [2.05, 4.69) is 15.2 Å². The number of hydrogen-bond donors (Lipinski definition) is 1. The molecule has 0 radical (unpaired) electrons. The minimum absolute atomic E-state index is 0.361. The molecule has 0 aromatic carbocycles. The van der Waals surface area contributed by atoms with E-state index in [4.69, 9.17) is 15.0 Å². The summed E-state index contributed by atoms with van der Waals surface area (Å²) in [6.45, 7) is 3.91. The molecule has 2 rings (SSSR count). The highest BCUT2D eigenvalue weighted by molar-refractivity contribution is 5.17. The Hall–Kier alpha value is -1.73. The predicted octanol–water partition coefficient (Wildman–Crippen LogP) is 1.12. The van der Waals surface area contributed by atoms with E-state index in [1.807, 2.05) is 27.1 Å². The van der Waals surface area contributed by atoms with Crippen LogP contribution in [0, 0.1) is 0 Å². The molecule has 7 nitrogen and oxygen atoms in total. The van der Waals surface area contributed by atoms with Crippen molar-refractivity contribution in [1.29, 1.82) is 0 Å². The van der Waals surface area contributed by atoms with Crippen molar-refractivity contribution < 1.29 is 9.26 Å². The van der Waals surface area contributed by atoms with E-state index in [9.17, 15) is 0 Å². The maximum absolute atomic E-state index is 6.08. The molecule has 2 atom stereocenters. The van der Waals surface area contributed by atoms with Gasteiger partial charge in [0.25, 0.3) is 0 Å². The maximum atomic E-state index is 6.08. The highest BCUT2D eigenvalue weighted by Crippen LogP contribution is 2.27. The van der Waals surface area contributed by atoms with Gasteiger partial charge < -0.3 is 15.0 Å². The van der Waals surface area contributed by atoms with E-state index in [1.54, 1.807) is 18.0 Å². The van der Waals surface area contributed by atoms with Crippen molar-refractivity contribution in [2.45, 2.75) is 31.9 Å². The number of hydrogen-bond acceptors (Lipinski definition) is 6. The molecule has 0 spiro atoms. The number of rotatable bonds is 5. The quantitative estimate of drug-likeness (QED) is 0.871. The second-order valence-electron chi connectivity index (χ2n) is 4.67. The van der Waals surface area contributed by atoms with Gasteiger partial charge in [0.15, 0.2) is 0 Å². The number of ether oxygens (including phenoxy) is 1. The van der Waals surface area contributed by atoms with Crippen LogP contribution in [0.25, 0.3) is 0 Å². The molecule has 0 fully saturated rings. The van der Waals surface area contributed by atoms with Gasteiger partial charge in [0.2, 0.25) is 11.7 Å². The fraction of sp³-hybridized carbons (Fsp3) is 0.583. The summed E-state index contributed by atoms with van der Waals surface area (Å²) in [7, 11) is 3.45. The van der Waals surface area contributed by atoms with Gasteiger partial charge in [-0.25, -0.2) is 0 Å².